The molecule has 1 unspecified atom stereocenters. The number of amides is 2. The molecule has 8 nitrogen and oxygen atoms in total. The van der Waals surface area contributed by atoms with Crippen LogP contribution < -0.4 is 15.4 Å². The molecule has 0 aliphatic carbocycles. The van der Waals surface area contributed by atoms with E-state index in [1.807, 2.05) is 31.4 Å². The predicted octanol–water partition coefficient (Wildman–Crippen LogP) is 4.92. The summed E-state index contributed by atoms with van der Waals surface area (Å²) in [4.78, 5) is 33.3. The van der Waals surface area contributed by atoms with Crippen molar-refractivity contribution in [3.63, 3.8) is 0 Å². The number of rotatable bonds is 14. The summed E-state index contributed by atoms with van der Waals surface area (Å²) in [5, 5.41) is 19.4. The summed E-state index contributed by atoms with van der Waals surface area (Å²) < 4.78 is 5.89. The highest BCUT2D eigenvalue weighted by Gasteiger charge is 2.26. The van der Waals surface area contributed by atoms with Crippen LogP contribution in [0.5, 0.6) is 5.75 Å². The molecule has 4 rings (SSSR count). The molecular weight excluding hydrogens is 548 g/mol. The summed E-state index contributed by atoms with van der Waals surface area (Å²) in [7, 11) is 0. The molecule has 0 fully saturated rings. The fraction of sp³-hybridized carbons (Fsp3) is 0.424. The van der Waals surface area contributed by atoms with Gasteiger partial charge in [-0.05, 0) is 74.9 Å². The van der Waals surface area contributed by atoms with Crippen LogP contribution in [-0.4, -0.2) is 65.7 Å². The number of fused-ring (bicyclic) bond motifs is 1. The monoisotopic (exact) mass is 590 g/mol. The van der Waals surface area contributed by atoms with Crippen LogP contribution in [0.15, 0.2) is 48.4 Å². The Balaban J connectivity index is 1.36. The molecule has 1 atom stereocenters. The van der Waals surface area contributed by atoms with E-state index in [1.54, 1.807) is 28.4 Å². The number of hydrogen-bond acceptors (Lipinski definition) is 7. The number of carbonyl (C=O) groups is 2. The van der Waals surface area contributed by atoms with Crippen molar-refractivity contribution in [1.29, 1.82) is 0 Å². The molecule has 0 saturated heterocycles. The Bertz CT molecular complexity index is 1400. The van der Waals surface area contributed by atoms with E-state index in [4.69, 9.17) is 4.74 Å². The molecule has 1 aliphatic rings. The number of benzene rings is 2. The lowest BCUT2D eigenvalue weighted by atomic mass is 9.95. The molecule has 2 heterocycles. The Morgan fingerprint density at radius 1 is 1.19 bits per heavy atom. The maximum absolute atomic E-state index is 13.8. The fourth-order valence-corrected chi connectivity index (χ4v) is 5.90. The largest absolute Gasteiger partial charge is 0.493 e. The molecule has 1 aliphatic heterocycles. The molecule has 2 aromatic carbocycles. The van der Waals surface area contributed by atoms with Crippen molar-refractivity contribution in [2.75, 3.05) is 32.8 Å². The SMILES string of the molecule is C=C(CCNCC(O)CNC(=O)c1cc2c(c(C(=O)N(CCC)Cc3nc(C)cs3)c1)CCCO2)c1ccccc1C. The summed E-state index contributed by atoms with van der Waals surface area (Å²) in [5.74, 6) is 0.0955. The normalized spacial score (nSPS) is 13.1. The molecule has 0 radical (unpaired) electrons. The van der Waals surface area contributed by atoms with Gasteiger partial charge in [0.25, 0.3) is 11.8 Å². The van der Waals surface area contributed by atoms with Gasteiger partial charge in [-0.2, -0.15) is 0 Å². The molecule has 0 bridgehead atoms. The van der Waals surface area contributed by atoms with Gasteiger partial charge in [0.15, 0.2) is 0 Å². The minimum absolute atomic E-state index is 0.0805. The number of carbonyl (C=O) groups excluding carboxylic acids is 2. The zero-order valence-corrected chi connectivity index (χ0v) is 25.7. The van der Waals surface area contributed by atoms with E-state index in [-0.39, 0.29) is 18.4 Å². The summed E-state index contributed by atoms with van der Waals surface area (Å²) in [6.45, 7) is 12.9. The second-order valence-electron chi connectivity index (χ2n) is 10.8. The second kappa shape index (κ2) is 15.1. The molecule has 224 valence electrons. The van der Waals surface area contributed by atoms with Crippen molar-refractivity contribution in [3.8, 4) is 5.75 Å². The van der Waals surface area contributed by atoms with E-state index in [1.165, 1.54) is 5.56 Å². The van der Waals surface area contributed by atoms with Crippen LogP contribution in [-0.2, 0) is 13.0 Å². The molecular formula is C33H42N4O4S. The van der Waals surface area contributed by atoms with Crippen molar-refractivity contribution in [1.82, 2.24) is 20.5 Å². The highest BCUT2D eigenvalue weighted by molar-refractivity contribution is 7.09. The first-order valence-electron chi connectivity index (χ1n) is 14.7. The number of nitrogens with one attached hydrogen (secondary N) is 2. The molecule has 2 amide bonds. The zero-order chi connectivity index (χ0) is 30.1. The summed E-state index contributed by atoms with van der Waals surface area (Å²) >= 11 is 1.54. The average Bonchev–Trinajstić information content (AvgIpc) is 3.41. The first-order chi connectivity index (χ1) is 20.3. The average molecular weight is 591 g/mol. The highest BCUT2D eigenvalue weighted by Crippen LogP contribution is 2.31. The zero-order valence-electron chi connectivity index (χ0n) is 24.9. The van der Waals surface area contributed by atoms with Gasteiger partial charge in [0, 0.05) is 47.4 Å². The molecule has 0 saturated carbocycles. The third-order valence-corrected chi connectivity index (χ3v) is 8.26. The van der Waals surface area contributed by atoms with Crippen molar-refractivity contribution in [3.05, 3.63) is 86.9 Å². The fourth-order valence-electron chi connectivity index (χ4n) is 5.11. The number of nitrogens with zero attached hydrogens (tertiary/aromatic N) is 2. The number of aliphatic hydroxyl groups excluding tert-OH is 1. The van der Waals surface area contributed by atoms with E-state index < -0.39 is 6.10 Å². The Morgan fingerprint density at radius 3 is 2.74 bits per heavy atom. The smallest absolute Gasteiger partial charge is 0.254 e. The van der Waals surface area contributed by atoms with E-state index in [0.717, 1.165) is 53.1 Å². The van der Waals surface area contributed by atoms with Gasteiger partial charge in [0.2, 0.25) is 0 Å². The summed E-state index contributed by atoms with van der Waals surface area (Å²) in [6, 6.07) is 11.5. The minimum Gasteiger partial charge on any atom is -0.493 e. The molecule has 0 spiro atoms. The van der Waals surface area contributed by atoms with Gasteiger partial charge in [0.05, 0.1) is 19.3 Å². The first-order valence-corrected chi connectivity index (χ1v) is 15.6. The Kier molecular flexibility index (Phi) is 11.3. The van der Waals surface area contributed by atoms with Crippen LogP contribution in [0.4, 0.5) is 0 Å². The van der Waals surface area contributed by atoms with Gasteiger partial charge in [-0.15, -0.1) is 11.3 Å². The maximum atomic E-state index is 13.8. The quantitative estimate of drug-likeness (QED) is 0.230. The van der Waals surface area contributed by atoms with E-state index in [2.05, 4.69) is 41.3 Å². The van der Waals surface area contributed by atoms with Crippen LogP contribution in [0.2, 0.25) is 0 Å². The van der Waals surface area contributed by atoms with Crippen LogP contribution >= 0.6 is 11.3 Å². The lowest BCUT2D eigenvalue weighted by Gasteiger charge is -2.26. The van der Waals surface area contributed by atoms with Crippen LogP contribution in [0.1, 0.15) is 74.3 Å². The van der Waals surface area contributed by atoms with Gasteiger partial charge < -0.3 is 25.4 Å². The van der Waals surface area contributed by atoms with Gasteiger partial charge >= 0.3 is 0 Å². The molecule has 1 aromatic heterocycles. The minimum atomic E-state index is -0.766. The Hall–Kier alpha value is -3.53. The van der Waals surface area contributed by atoms with E-state index in [9.17, 15) is 14.7 Å². The lowest BCUT2D eigenvalue weighted by Crippen LogP contribution is -2.38. The van der Waals surface area contributed by atoms with Gasteiger partial charge in [0.1, 0.15) is 10.8 Å². The van der Waals surface area contributed by atoms with Crippen molar-refractivity contribution >= 4 is 28.7 Å². The van der Waals surface area contributed by atoms with Crippen molar-refractivity contribution in [2.24, 2.45) is 0 Å². The van der Waals surface area contributed by atoms with E-state index in [0.29, 0.717) is 49.7 Å². The predicted molar refractivity (Wildman–Crippen MR) is 168 cm³/mol. The Labute approximate surface area is 252 Å². The highest BCUT2D eigenvalue weighted by atomic mass is 32.1. The van der Waals surface area contributed by atoms with Gasteiger partial charge in [-0.1, -0.05) is 37.8 Å². The number of aliphatic hydroxyl groups is 1. The number of aromatic nitrogens is 1. The summed E-state index contributed by atoms with van der Waals surface area (Å²) in [6.07, 6.45) is 2.33. The third-order valence-electron chi connectivity index (χ3n) is 7.31. The molecule has 3 N–H and O–H groups in total. The second-order valence-corrected chi connectivity index (χ2v) is 11.7. The number of aryl methyl sites for hydroxylation is 2. The maximum Gasteiger partial charge on any atom is 0.254 e. The van der Waals surface area contributed by atoms with Crippen LogP contribution in [0, 0.1) is 13.8 Å². The molecule has 42 heavy (non-hydrogen) atoms. The Morgan fingerprint density at radius 2 is 2.00 bits per heavy atom. The summed E-state index contributed by atoms with van der Waals surface area (Å²) in [5.41, 5.74) is 6.00. The van der Waals surface area contributed by atoms with Crippen LogP contribution in [0.3, 0.4) is 0 Å². The van der Waals surface area contributed by atoms with Crippen LogP contribution in [0.25, 0.3) is 5.57 Å². The number of thiazole rings is 1. The standard InChI is InChI=1S/C33H42N4O4S/c1-5-14-37(20-31-36-24(4)21-42-31)33(40)29-16-25(17-30-28(29)11-8-15-41-30)32(39)35-19-26(38)18-34-13-12-23(3)27-10-7-6-9-22(27)2/h6-7,9-10,16-17,21,26,34,38H,3,5,8,11-15,18-20H2,1-2,4H3,(H,35,39). The number of ether oxygens (including phenoxy) is 1. The lowest BCUT2D eigenvalue weighted by molar-refractivity contribution is 0.0740. The van der Waals surface area contributed by atoms with Crippen molar-refractivity contribution in [2.45, 2.75) is 59.1 Å². The van der Waals surface area contributed by atoms with E-state index >= 15 is 0 Å². The topological polar surface area (TPSA) is 104 Å². The van der Waals surface area contributed by atoms with Gasteiger partial charge in [-0.25, -0.2) is 4.98 Å². The van der Waals surface area contributed by atoms with Gasteiger partial charge in [-0.3, -0.25) is 9.59 Å². The first kappa shape index (κ1) is 31.4. The molecule has 3 aromatic rings. The third kappa shape index (κ3) is 8.27. The van der Waals surface area contributed by atoms with Crippen molar-refractivity contribution < 1.29 is 19.4 Å². The molecule has 9 heteroatoms. The number of hydrogen-bond donors (Lipinski definition) is 3.